The van der Waals surface area contributed by atoms with Crippen LogP contribution in [0.1, 0.15) is 135 Å². The molecule has 5 aliphatic rings. The van der Waals surface area contributed by atoms with Gasteiger partial charge in [0.25, 0.3) is 6.01 Å². The van der Waals surface area contributed by atoms with Crippen LogP contribution < -0.4 is 14.8 Å². The summed E-state index contributed by atoms with van der Waals surface area (Å²) in [4.78, 5) is 69.7. The summed E-state index contributed by atoms with van der Waals surface area (Å²) in [6, 6.07) is 4.38. The fourth-order valence-electron chi connectivity index (χ4n) is 9.20. The number of hydrogen-bond donors (Lipinski definition) is 2. The Morgan fingerprint density at radius 3 is 2.52 bits per heavy atom. The summed E-state index contributed by atoms with van der Waals surface area (Å²) in [5, 5.41) is 3.73. The van der Waals surface area contributed by atoms with Gasteiger partial charge in [0.1, 0.15) is 28.3 Å². The molecule has 14 nitrogen and oxygen atoms in total. The Hall–Kier alpha value is -4.31. The van der Waals surface area contributed by atoms with Gasteiger partial charge in [0, 0.05) is 29.3 Å². The lowest BCUT2D eigenvalue weighted by molar-refractivity contribution is -0.140. The maximum absolute atomic E-state index is 14.8. The van der Waals surface area contributed by atoms with Crippen LogP contribution in [0, 0.1) is 11.3 Å². The Bertz CT molecular complexity index is 2330. The molecule has 61 heavy (non-hydrogen) atoms. The predicted molar refractivity (Wildman–Crippen MR) is 233 cm³/mol. The molecule has 3 amide bonds. The first-order chi connectivity index (χ1) is 28.9. The number of nitrogens with one attached hydrogen (secondary N) is 2. The first kappa shape index (κ1) is 43.3. The zero-order valence-electron chi connectivity index (χ0n) is 36.3. The molecule has 16 heteroatoms. The van der Waals surface area contributed by atoms with E-state index >= 15 is 0 Å². The molecule has 5 atom stereocenters. The Morgan fingerprint density at radius 1 is 1.03 bits per heavy atom. The molecule has 2 aliphatic heterocycles. The second-order valence-electron chi connectivity index (χ2n) is 19.4. The molecule has 3 aliphatic carbocycles. The fourth-order valence-corrected chi connectivity index (χ4v) is 11.7. The minimum absolute atomic E-state index is 0.0321. The van der Waals surface area contributed by atoms with Crippen molar-refractivity contribution in [2.24, 2.45) is 11.3 Å². The third kappa shape index (κ3) is 8.85. The molecule has 0 radical (unpaired) electrons. The van der Waals surface area contributed by atoms with E-state index in [1.807, 2.05) is 34.9 Å². The van der Waals surface area contributed by atoms with Crippen molar-refractivity contribution >= 4 is 56.1 Å². The first-order valence-corrected chi connectivity index (χ1v) is 24.4. The lowest BCUT2D eigenvalue weighted by Crippen LogP contribution is -2.53. The maximum atomic E-state index is 14.8. The maximum Gasteiger partial charge on any atom is 0.408 e. The number of para-hydroxylation sites is 1. The highest BCUT2D eigenvalue weighted by molar-refractivity contribution is 7.91. The van der Waals surface area contributed by atoms with Crippen molar-refractivity contribution in [1.82, 2.24) is 29.5 Å². The van der Waals surface area contributed by atoms with Gasteiger partial charge in [-0.2, -0.15) is 4.98 Å². The number of carbonyl (C=O) groups excluding carboxylic acids is 4. The number of Topliss-reactive ketones (excluding diaryl/α,β-unsaturated/α-hetero) is 1. The second-order valence-corrected chi connectivity index (χ2v) is 22.6. The highest BCUT2D eigenvalue weighted by Gasteiger charge is 2.62. The van der Waals surface area contributed by atoms with Gasteiger partial charge >= 0.3 is 6.09 Å². The molecule has 0 spiro atoms. The highest BCUT2D eigenvalue weighted by atomic mass is 32.2. The lowest BCUT2D eigenvalue weighted by atomic mass is 9.91. The number of carbonyl (C=O) groups is 4. The normalized spacial score (nSPS) is 27.3. The number of ketones is 1. The summed E-state index contributed by atoms with van der Waals surface area (Å²) in [6.07, 6.45) is 11.2. The minimum Gasteiger partial charge on any atom is -0.459 e. The number of aryl methyl sites for hydroxylation is 2. The third-order valence-corrected chi connectivity index (χ3v) is 16.4. The molecule has 8 rings (SSSR count). The smallest absolute Gasteiger partial charge is 0.408 e. The molecule has 330 valence electrons. The Morgan fingerprint density at radius 2 is 1.80 bits per heavy atom. The number of nitrogens with zero attached hydrogens (tertiary/aromatic N) is 4. The largest absolute Gasteiger partial charge is 0.459 e. The molecule has 2 saturated carbocycles. The summed E-state index contributed by atoms with van der Waals surface area (Å²) in [6.45, 7) is 11.0. The van der Waals surface area contributed by atoms with Gasteiger partial charge in [-0.1, -0.05) is 31.1 Å². The zero-order valence-corrected chi connectivity index (χ0v) is 37.9. The van der Waals surface area contributed by atoms with Crippen molar-refractivity contribution in [3.63, 3.8) is 0 Å². The monoisotopic (exact) mass is 876 g/mol. The SMILES string of the molecule is CC(C)n1c(O[C@@H]2C[C@H]3C(=O)C[C@]4(C(=O)NS(=O)(=O)C5(C)CC5)C[C@H]4/C=C\CCCCC[C@H](NC(=O)OC(C)(C)C)C(=O)N3C2)nc2c(-c3nc4c(s3)CCCC4)cccc21. The van der Waals surface area contributed by atoms with E-state index in [9.17, 15) is 27.6 Å². The Kier molecular flexibility index (Phi) is 11.7. The minimum atomic E-state index is -3.96. The topological polar surface area (TPSA) is 179 Å². The van der Waals surface area contributed by atoms with Crippen molar-refractivity contribution < 1.29 is 37.1 Å². The predicted octanol–water partition coefficient (Wildman–Crippen LogP) is 7.35. The highest BCUT2D eigenvalue weighted by Crippen LogP contribution is 2.57. The first-order valence-electron chi connectivity index (χ1n) is 22.1. The van der Waals surface area contributed by atoms with Crippen molar-refractivity contribution in [1.29, 1.82) is 0 Å². The number of thiazole rings is 1. The van der Waals surface area contributed by atoms with Crippen molar-refractivity contribution in [3.05, 3.63) is 40.9 Å². The van der Waals surface area contributed by atoms with Crippen LogP contribution in [0.5, 0.6) is 6.01 Å². The number of sulfonamides is 1. The van der Waals surface area contributed by atoms with Crippen molar-refractivity contribution in [2.45, 2.75) is 166 Å². The summed E-state index contributed by atoms with van der Waals surface area (Å²) >= 11 is 1.72. The van der Waals surface area contributed by atoms with Gasteiger partial charge in [0.15, 0.2) is 5.78 Å². The van der Waals surface area contributed by atoms with E-state index in [0.29, 0.717) is 38.1 Å². The number of rotatable bonds is 8. The summed E-state index contributed by atoms with van der Waals surface area (Å²) in [5.41, 5.74) is 1.66. The van der Waals surface area contributed by atoms with Gasteiger partial charge in [-0.15, -0.1) is 11.3 Å². The Balaban J connectivity index is 1.12. The van der Waals surface area contributed by atoms with E-state index < -0.39 is 61.9 Å². The van der Waals surface area contributed by atoms with Gasteiger partial charge in [-0.05, 0) is 124 Å². The molecule has 2 N–H and O–H groups in total. The van der Waals surface area contributed by atoms with Crippen molar-refractivity contribution in [2.75, 3.05) is 6.54 Å². The molecule has 1 aromatic carbocycles. The second kappa shape index (κ2) is 16.4. The van der Waals surface area contributed by atoms with E-state index in [0.717, 1.165) is 72.2 Å². The van der Waals surface area contributed by atoms with Crippen LogP contribution in [0.4, 0.5) is 4.79 Å². The van der Waals surface area contributed by atoms with E-state index in [2.05, 4.69) is 23.9 Å². The lowest BCUT2D eigenvalue weighted by Gasteiger charge is -2.30. The number of benzene rings is 1. The van der Waals surface area contributed by atoms with Crippen LogP contribution in [-0.2, 0) is 42.0 Å². The van der Waals surface area contributed by atoms with Gasteiger partial charge in [0.2, 0.25) is 21.8 Å². The summed E-state index contributed by atoms with van der Waals surface area (Å²) < 4.78 is 42.3. The number of alkyl carbamates (subject to hydrolysis) is 1. The average molecular weight is 877 g/mol. The number of imidazole rings is 1. The molecule has 1 saturated heterocycles. The summed E-state index contributed by atoms with van der Waals surface area (Å²) in [7, 11) is -3.96. The standard InChI is InChI=1S/C45H60N6O8S2/c1-27(2)51-33-19-14-16-30(38-46-31-17-12-13-20-36(31)60-38)37(33)48-41(51)58-29-23-34-35(52)25-45(40(54)49-61(56,57)44(6)21-22-44)24-28(45)15-10-8-7-9-11-18-32(39(53)50(34)26-29)47-42(55)59-43(3,4)5/h10,14-16,19,27-29,32,34H,7-9,11-13,17-18,20-26H2,1-6H3,(H,47,55)(H,49,54)/b15-10-/t28-,29-,32+,34+,45-/m1/s1. The molecule has 3 aromatic rings. The van der Waals surface area contributed by atoms with Gasteiger partial charge in [-0.25, -0.2) is 18.2 Å². The average Bonchev–Trinajstić information content (AvgIpc) is 3.89. The van der Waals surface area contributed by atoms with Crippen LogP contribution in [-0.4, -0.2) is 86.6 Å². The number of allylic oxidation sites excluding steroid dienone is 2. The molecule has 2 aromatic heterocycles. The zero-order chi connectivity index (χ0) is 43.5. The van der Waals surface area contributed by atoms with Crippen molar-refractivity contribution in [3.8, 4) is 16.6 Å². The number of aromatic nitrogens is 3. The van der Waals surface area contributed by atoms with Crippen LogP contribution in [0.3, 0.4) is 0 Å². The van der Waals surface area contributed by atoms with Gasteiger partial charge in [-0.3, -0.25) is 23.7 Å². The number of amides is 3. The van der Waals surface area contributed by atoms with Crippen LogP contribution in [0.25, 0.3) is 21.6 Å². The molecular weight excluding hydrogens is 817 g/mol. The van der Waals surface area contributed by atoms with E-state index in [-0.39, 0.29) is 37.1 Å². The summed E-state index contributed by atoms with van der Waals surface area (Å²) in [5.74, 6) is -1.81. The third-order valence-electron chi connectivity index (χ3n) is 13.1. The van der Waals surface area contributed by atoms with E-state index in [1.54, 1.807) is 39.0 Å². The van der Waals surface area contributed by atoms with Crippen LogP contribution in [0.2, 0.25) is 0 Å². The van der Waals surface area contributed by atoms with Crippen LogP contribution >= 0.6 is 11.3 Å². The molecule has 3 fully saturated rings. The number of hydrogen-bond acceptors (Lipinski definition) is 11. The van der Waals surface area contributed by atoms with Crippen LogP contribution in [0.15, 0.2) is 30.4 Å². The fraction of sp³-hybridized carbons (Fsp3) is 0.644. The number of fused-ring (bicyclic) bond motifs is 4. The van der Waals surface area contributed by atoms with E-state index in [1.165, 1.54) is 9.78 Å². The van der Waals surface area contributed by atoms with Gasteiger partial charge < -0.3 is 19.7 Å². The van der Waals surface area contributed by atoms with E-state index in [4.69, 9.17) is 19.4 Å². The van der Waals surface area contributed by atoms with Gasteiger partial charge in [0.05, 0.1) is 34.0 Å². The number of ether oxygens (including phenoxy) is 2. The molecular formula is C45H60N6O8S2. The molecule has 0 bridgehead atoms. The molecule has 0 unspecified atom stereocenters. The quantitative estimate of drug-likeness (QED) is 0.218. The Labute approximate surface area is 362 Å². The molecule has 4 heterocycles.